The lowest BCUT2D eigenvalue weighted by atomic mass is 10.1. The van der Waals surface area contributed by atoms with Crippen molar-refractivity contribution in [2.24, 2.45) is 0 Å². The summed E-state index contributed by atoms with van der Waals surface area (Å²) in [6.45, 7) is 0.676. The molecule has 1 fully saturated rings. The third-order valence-electron chi connectivity index (χ3n) is 3.62. The Morgan fingerprint density at radius 2 is 2.20 bits per heavy atom. The quantitative estimate of drug-likeness (QED) is 0.771. The molecule has 1 aromatic rings. The Morgan fingerprint density at radius 3 is 2.75 bits per heavy atom. The molecule has 1 unspecified atom stereocenters. The normalized spacial score (nSPS) is 18.4. The molecule has 0 aromatic carbocycles. The van der Waals surface area contributed by atoms with Crippen LogP contribution < -0.4 is 0 Å². The monoisotopic (exact) mass is 294 g/mol. The van der Waals surface area contributed by atoms with Crippen LogP contribution in [0.5, 0.6) is 0 Å². The topological polar surface area (TPSA) is 57.7 Å². The number of hydrogen-bond donors (Lipinski definition) is 0. The van der Waals surface area contributed by atoms with Gasteiger partial charge in [0.25, 0.3) is 0 Å². The fraction of sp³-hybridized carbons (Fsp3) is 0.500. The zero-order valence-electron chi connectivity index (χ0n) is 11.7. The summed E-state index contributed by atoms with van der Waals surface area (Å²) in [5, 5.41) is 1.84. The minimum Gasteiger partial charge on any atom is -0.344 e. The fourth-order valence-electron chi connectivity index (χ4n) is 2.29. The van der Waals surface area contributed by atoms with Crippen LogP contribution in [0.1, 0.15) is 28.9 Å². The number of likely N-dealkylation sites (N-methyl/N-ethyl adjacent to an activating group) is 2. The van der Waals surface area contributed by atoms with E-state index < -0.39 is 0 Å². The molecule has 1 aliphatic rings. The molecular weight excluding hydrogens is 276 g/mol. The minimum atomic E-state index is -0.371. The fourth-order valence-corrected chi connectivity index (χ4v) is 2.99. The molecule has 0 radical (unpaired) electrons. The largest absolute Gasteiger partial charge is 0.344 e. The summed E-state index contributed by atoms with van der Waals surface area (Å²) >= 11 is 1.38. The standard InChI is InChI=1S/C14H18N2O3S/c1-15-8-7-10(14(15)19)16(2)13(18)6-5-11(17)12-4-3-9-20-12/h3-4,9-10H,5-8H2,1-2H3. The van der Waals surface area contributed by atoms with Crippen molar-refractivity contribution >= 4 is 28.9 Å². The van der Waals surface area contributed by atoms with Gasteiger partial charge in [0, 0.05) is 33.5 Å². The lowest BCUT2D eigenvalue weighted by molar-refractivity contribution is -0.140. The molecular formula is C14H18N2O3S. The number of ketones is 1. The third kappa shape index (κ3) is 3.07. The maximum absolute atomic E-state index is 12.1. The lowest BCUT2D eigenvalue weighted by Crippen LogP contribution is -2.42. The molecule has 0 bridgehead atoms. The molecule has 2 rings (SSSR count). The zero-order chi connectivity index (χ0) is 14.7. The Bertz CT molecular complexity index is 512. The van der Waals surface area contributed by atoms with E-state index in [9.17, 15) is 14.4 Å². The van der Waals surface area contributed by atoms with Gasteiger partial charge < -0.3 is 9.80 Å². The summed E-state index contributed by atoms with van der Waals surface area (Å²) in [4.78, 5) is 39.5. The smallest absolute Gasteiger partial charge is 0.245 e. The highest BCUT2D eigenvalue weighted by atomic mass is 32.1. The van der Waals surface area contributed by atoms with Crippen molar-refractivity contribution in [3.8, 4) is 0 Å². The van der Waals surface area contributed by atoms with Crippen molar-refractivity contribution in [3.63, 3.8) is 0 Å². The minimum absolute atomic E-state index is 0.0170. The summed E-state index contributed by atoms with van der Waals surface area (Å²) < 4.78 is 0. The Hall–Kier alpha value is -1.69. The van der Waals surface area contributed by atoms with Crippen LogP contribution in [0, 0.1) is 0 Å². The number of carbonyl (C=O) groups excluding carboxylic acids is 3. The van der Waals surface area contributed by atoms with E-state index in [0.29, 0.717) is 17.8 Å². The molecule has 1 aliphatic heterocycles. The Balaban J connectivity index is 1.86. The average molecular weight is 294 g/mol. The maximum Gasteiger partial charge on any atom is 0.245 e. The third-order valence-corrected chi connectivity index (χ3v) is 4.53. The van der Waals surface area contributed by atoms with E-state index in [4.69, 9.17) is 0 Å². The zero-order valence-corrected chi connectivity index (χ0v) is 12.5. The molecule has 108 valence electrons. The van der Waals surface area contributed by atoms with Crippen LogP contribution in [0.2, 0.25) is 0 Å². The Morgan fingerprint density at radius 1 is 1.45 bits per heavy atom. The first-order valence-electron chi connectivity index (χ1n) is 6.58. The van der Waals surface area contributed by atoms with Crippen LogP contribution in [0.15, 0.2) is 17.5 Å². The van der Waals surface area contributed by atoms with Gasteiger partial charge in [-0.15, -0.1) is 11.3 Å². The number of carbonyl (C=O) groups is 3. The van der Waals surface area contributed by atoms with Gasteiger partial charge >= 0.3 is 0 Å². The summed E-state index contributed by atoms with van der Waals surface area (Å²) in [5.74, 6) is -0.189. The van der Waals surface area contributed by atoms with Crippen molar-refractivity contribution in [1.29, 1.82) is 0 Å². The first kappa shape index (κ1) is 14.7. The molecule has 1 atom stereocenters. The molecule has 5 nitrogen and oxygen atoms in total. The first-order valence-corrected chi connectivity index (χ1v) is 7.46. The van der Waals surface area contributed by atoms with Crippen molar-refractivity contribution in [2.45, 2.75) is 25.3 Å². The van der Waals surface area contributed by atoms with E-state index in [2.05, 4.69) is 0 Å². The van der Waals surface area contributed by atoms with E-state index in [1.54, 1.807) is 25.1 Å². The SMILES string of the molecule is CN1CCC(N(C)C(=O)CCC(=O)c2cccs2)C1=O. The molecule has 0 N–H and O–H groups in total. The van der Waals surface area contributed by atoms with Crippen LogP contribution in [0.25, 0.3) is 0 Å². The molecule has 0 aliphatic carbocycles. The van der Waals surface area contributed by atoms with Crippen LogP contribution in [0.3, 0.4) is 0 Å². The van der Waals surface area contributed by atoms with Crippen LogP contribution in [-0.2, 0) is 9.59 Å². The van der Waals surface area contributed by atoms with E-state index in [1.807, 2.05) is 11.4 Å². The molecule has 0 spiro atoms. The molecule has 20 heavy (non-hydrogen) atoms. The summed E-state index contributed by atoms with van der Waals surface area (Å²) in [6.07, 6.45) is 1.01. The van der Waals surface area contributed by atoms with Gasteiger partial charge in [0.05, 0.1) is 4.88 Å². The van der Waals surface area contributed by atoms with Gasteiger partial charge in [-0.05, 0) is 17.9 Å². The lowest BCUT2D eigenvalue weighted by Gasteiger charge is -2.23. The number of hydrogen-bond acceptors (Lipinski definition) is 4. The second kappa shape index (κ2) is 6.17. The predicted octanol–water partition coefficient (Wildman–Crippen LogP) is 1.40. The van der Waals surface area contributed by atoms with Crippen LogP contribution in [0.4, 0.5) is 0 Å². The Kier molecular flexibility index (Phi) is 4.54. The number of likely N-dealkylation sites (tertiary alicyclic amines) is 1. The maximum atomic E-state index is 12.1. The van der Waals surface area contributed by atoms with E-state index >= 15 is 0 Å². The van der Waals surface area contributed by atoms with Gasteiger partial charge in [-0.25, -0.2) is 0 Å². The second-order valence-corrected chi connectivity index (χ2v) is 5.92. The first-order chi connectivity index (χ1) is 9.50. The molecule has 1 aromatic heterocycles. The van der Waals surface area contributed by atoms with Crippen molar-refractivity contribution in [1.82, 2.24) is 9.80 Å². The molecule has 1 saturated heterocycles. The highest BCUT2D eigenvalue weighted by Gasteiger charge is 2.34. The van der Waals surface area contributed by atoms with Gasteiger partial charge in [-0.1, -0.05) is 6.07 Å². The Labute approximate surface area is 122 Å². The summed E-state index contributed by atoms with van der Waals surface area (Å²) in [6, 6.07) is 3.21. The highest BCUT2D eigenvalue weighted by molar-refractivity contribution is 7.12. The molecule has 2 heterocycles. The number of nitrogens with zero attached hydrogens (tertiary/aromatic N) is 2. The molecule has 2 amide bonds. The van der Waals surface area contributed by atoms with Gasteiger partial charge in [-0.2, -0.15) is 0 Å². The van der Waals surface area contributed by atoms with Crippen LogP contribution >= 0.6 is 11.3 Å². The van der Waals surface area contributed by atoms with E-state index in [-0.39, 0.29) is 36.5 Å². The van der Waals surface area contributed by atoms with Gasteiger partial charge in [-0.3, -0.25) is 14.4 Å². The molecule has 6 heteroatoms. The van der Waals surface area contributed by atoms with Crippen LogP contribution in [-0.4, -0.2) is 54.1 Å². The van der Waals surface area contributed by atoms with Crippen molar-refractivity contribution in [2.75, 3.05) is 20.6 Å². The molecule has 0 saturated carbocycles. The van der Waals surface area contributed by atoms with E-state index in [1.165, 1.54) is 16.2 Å². The van der Waals surface area contributed by atoms with Gasteiger partial charge in [0.15, 0.2) is 5.78 Å². The average Bonchev–Trinajstić information content (AvgIpc) is 3.07. The number of Topliss-reactive ketones (excluding diaryl/α,β-unsaturated/α-hetero) is 1. The van der Waals surface area contributed by atoms with E-state index in [0.717, 1.165) is 0 Å². The van der Waals surface area contributed by atoms with Crippen molar-refractivity contribution in [3.05, 3.63) is 22.4 Å². The predicted molar refractivity (Wildman–Crippen MR) is 76.7 cm³/mol. The summed E-state index contributed by atoms with van der Waals surface area (Å²) in [7, 11) is 3.38. The van der Waals surface area contributed by atoms with Crippen molar-refractivity contribution < 1.29 is 14.4 Å². The number of amides is 2. The van der Waals surface area contributed by atoms with Gasteiger partial charge in [0.1, 0.15) is 6.04 Å². The number of thiophene rings is 1. The highest BCUT2D eigenvalue weighted by Crippen LogP contribution is 2.17. The van der Waals surface area contributed by atoms with Gasteiger partial charge in [0.2, 0.25) is 11.8 Å². The summed E-state index contributed by atoms with van der Waals surface area (Å²) in [5.41, 5.74) is 0. The number of rotatable bonds is 5. The second-order valence-electron chi connectivity index (χ2n) is 4.97.